The summed E-state index contributed by atoms with van der Waals surface area (Å²) in [5.41, 5.74) is 0.184. The van der Waals surface area contributed by atoms with Gasteiger partial charge in [0.1, 0.15) is 0 Å². The molecule has 100 valence electrons. The number of hydrogen-bond donors (Lipinski definition) is 1. The Hall–Kier alpha value is -0.120. The van der Waals surface area contributed by atoms with Crippen LogP contribution in [0.4, 0.5) is 0 Å². The first kappa shape index (κ1) is 13.3. The van der Waals surface area contributed by atoms with Crippen LogP contribution in [0.25, 0.3) is 0 Å². The molecule has 3 nitrogen and oxygen atoms in total. The van der Waals surface area contributed by atoms with Crippen molar-refractivity contribution in [3.05, 3.63) is 0 Å². The third kappa shape index (κ3) is 5.36. The van der Waals surface area contributed by atoms with Gasteiger partial charge in [-0.1, -0.05) is 0 Å². The van der Waals surface area contributed by atoms with Crippen molar-refractivity contribution in [2.24, 2.45) is 5.92 Å². The zero-order valence-corrected chi connectivity index (χ0v) is 11.5. The fourth-order valence-corrected chi connectivity index (χ4v) is 2.12. The zero-order chi connectivity index (χ0) is 12.3. The summed E-state index contributed by atoms with van der Waals surface area (Å²) in [6.45, 7) is 9.28. The second kappa shape index (κ2) is 5.68. The lowest BCUT2D eigenvalue weighted by Gasteiger charge is -2.23. The molecule has 2 unspecified atom stereocenters. The summed E-state index contributed by atoms with van der Waals surface area (Å²) in [5, 5.41) is 3.50. The maximum atomic E-state index is 5.97. The molecule has 2 atom stereocenters. The standard InChI is InChI=1S/C14H27NO2/c1-14(2,3)15-8-12-6-7-13(17-12)10-16-9-11-4-5-11/h11-13,15H,4-10H2,1-3H3. The van der Waals surface area contributed by atoms with Crippen molar-refractivity contribution in [3.8, 4) is 0 Å². The molecule has 0 aromatic heterocycles. The minimum Gasteiger partial charge on any atom is -0.378 e. The van der Waals surface area contributed by atoms with Crippen molar-refractivity contribution in [3.63, 3.8) is 0 Å². The van der Waals surface area contributed by atoms with E-state index in [0.717, 1.165) is 32.1 Å². The Bertz CT molecular complexity index is 233. The van der Waals surface area contributed by atoms with Gasteiger partial charge in [-0.05, 0) is 52.4 Å². The van der Waals surface area contributed by atoms with E-state index in [1.807, 2.05) is 0 Å². The second-order valence-corrected chi connectivity index (χ2v) is 6.57. The SMILES string of the molecule is CC(C)(C)NCC1CCC(COCC2CC2)O1. The average molecular weight is 241 g/mol. The lowest BCUT2D eigenvalue weighted by Crippen LogP contribution is -2.41. The first-order valence-electron chi connectivity index (χ1n) is 7.01. The summed E-state index contributed by atoms with van der Waals surface area (Å²) in [4.78, 5) is 0. The quantitative estimate of drug-likeness (QED) is 0.774. The Kier molecular flexibility index (Phi) is 4.45. The normalized spacial score (nSPS) is 29.8. The predicted octanol–water partition coefficient (Wildman–Crippen LogP) is 2.35. The molecule has 1 N–H and O–H groups in total. The molecule has 2 aliphatic rings. The van der Waals surface area contributed by atoms with Crippen molar-refractivity contribution in [2.45, 2.75) is 64.2 Å². The van der Waals surface area contributed by atoms with E-state index in [9.17, 15) is 0 Å². The van der Waals surface area contributed by atoms with Gasteiger partial charge in [0.05, 0.1) is 18.8 Å². The van der Waals surface area contributed by atoms with Crippen LogP contribution in [0.2, 0.25) is 0 Å². The lowest BCUT2D eigenvalue weighted by molar-refractivity contribution is -0.0178. The van der Waals surface area contributed by atoms with Gasteiger partial charge >= 0.3 is 0 Å². The van der Waals surface area contributed by atoms with E-state index in [4.69, 9.17) is 9.47 Å². The number of rotatable bonds is 6. The number of hydrogen-bond acceptors (Lipinski definition) is 3. The molecule has 1 aliphatic carbocycles. The molecule has 0 bridgehead atoms. The highest BCUT2D eigenvalue weighted by Gasteiger charge is 2.27. The molecule has 3 heteroatoms. The van der Waals surface area contributed by atoms with Gasteiger partial charge in [-0.2, -0.15) is 0 Å². The van der Waals surface area contributed by atoms with Gasteiger partial charge in [-0.3, -0.25) is 0 Å². The second-order valence-electron chi connectivity index (χ2n) is 6.57. The Morgan fingerprint density at radius 2 is 1.76 bits per heavy atom. The summed E-state index contributed by atoms with van der Waals surface area (Å²) in [7, 11) is 0. The lowest BCUT2D eigenvalue weighted by atomic mass is 10.1. The fourth-order valence-electron chi connectivity index (χ4n) is 2.12. The van der Waals surface area contributed by atoms with Crippen molar-refractivity contribution >= 4 is 0 Å². The first-order chi connectivity index (χ1) is 8.03. The number of nitrogens with one attached hydrogen (secondary N) is 1. The molecule has 1 heterocycles. The Labute approximate surface area is 105 Å². The molecule has 0 spiro atoms. The Balaban J connectivity index is 1.54. The highest BCUT2D eigenvalue weighted by Crippen LogP contribution is 2.29. The van der Waals surface area contributed by atoms with E-state index < -0.39 is 0 Å². The molecule has 0 radical (unpaired) electrons. The van der Waals surface area contributed by atoms with E-state index >= 15 is 0 Å². The molecule has 0 aromatic rings. The third-order valence-corrected chi connectivity index (χ3v) is 3.41. The average Bonchev–Trinajstić information content (AvgIpc) is 2.93. The predicted molar refractivity (Wildman–Crippen MR) is 69.2 cm³/mol. The monoisotopic (exact) mass is 241 g/mol. The molecule has 2 fully saturated rings. The Morgan fingerprint density at radius 3 is 2.41 bits per heavy atom. The molecule has 0 aromatic carbocycles. The van der Waals surface area contributed by atoms with Gasteiger partial charge in [0.15, 0.2) is 0 Å². The van der Waals surface area contributed by atoms with E-state index in [1.165, 1.54) is 19.3 Å². The van der Waals surface area contributed by atoms with Crippen molar-refractivity contribution in [2.75, 3.05) is 19.8 Å². The molecule has 17 heavy (non-hydrogen) atoms. The Morgan fingerprint density at radius 1 is 1.06 bits per heavy atom. The summed E-state index contributed by atoms with van der Waals surface area (Å²) in [5.74, 6) is 0.856. The molecule has 0 amide bonds. The molecule has 1 saturated carbocycles. The van der Waals surface area contributed by atoms with Crippen LogP contribution in [0.3, 0.4) is 0 Å². The van der Waals surface area contributed by atoms with Gasteiger partial charge in [0.2, 0.25) is 0 Å². The third-order valence-electron chi connectivity index (χ3n) is 3.41. The molecule has 1 saturated heterocycles. The van der Waals surface area contributed by atoms with Crippen LogP contribution >= 0.6 is 0 Å². The van der Waals surface area contributed by atoms with Gasteiger partial charge in [-0.15, -0.1) is 0 Å². The van der Waals surface area contributed by atoms with Crippen LogP contribution in [-0.2, 0) is 9.47 Å². The summed E-state index contributed by atoms with van der Waals surface area (Å²) in [6.07, 6.45) is 5.76. The van der Waals surface area contributed by atoms with Crippen LogP contribution in [0.15, 0.2) is 0 Å². The molecular weight excluding hydrogens is 214 g/mol. The fraction of sp³-hybridized carbons (Fsp3) is 1.00. The van der Waals surface area contributed by atoms with Crippen molar-refractivity contribution in [1.29, 1.82) is 0 Å². The maximum absolute atomic E-state index is 5.97. The summed E-state index contributed by atoms with van der Waals surface area (Å²) in [6, 6.07) is 0. The smallest absolute Gasteiger partial charge is 0.0813 e. The maximum Gasteiger partial charge on any atom is 0.0813 e. The van der Waals surface area contributed by atoms with E-state index in [1.54, 1.807) is 0 Å². The van der Waals surface area contributed by atoms with Gasteiger partial charge in [0, 0.05) is 18.7 Å². The summed E-state index contributed by atoms with van der Waals surface area (Å²) < 4.78 is 11.7. The van der Waals surface area contributed by atoms with Crippen LogP contribution < -0.4 is 5.32 Å². The highest BCUT2D eigenvalue weighted by molar-refractivity contribution is 4.79. The van der Waals surface area contributed by atoms with Crippen LogP contribution in [0.5, 0.6) is 0 Å². The summed E-state index contributed by atoms with van der Waals surface area (Å²) >= 11 is 0. The van der Waals surface area contributed by atoms with E-state index in [-0.39, 0.29) is 5.54 Å². The van der Waals surface area contributed by atoms with Gasteiger partial charge < -0.3 is 14.8 Å². The van der Waals surface area contributed by atoms with Gasteiger partial charge in [-0.25, -0.2) is 0 Å². The molecule has 1 aliphatic heterocycles. The minimum absolute atomic E-state index is 0.184. The van der Waals surface area contributed by atoms with Crippen LogP contribution in [0.1, 0.15) is 46.5 Å². The van der Waals surface area contributed by atoms with E-state index in [2.05, 4.69) is 26.1 Å². The molecular formula is C14H27NO2. The van der Waals surface area contributed by atoms with Crippen molar-refractivity contribution < 1.29 is 9.47 Å². The van der Waals surface area contributed by atoms with E-state index in [0.29, 0.717) is 12.2 Å². The molecule has 2 rings (SSSR count). The minimum atomic E-state index is 0.184. The first-order valence-corrected chi connectivity index (χ1v) is 7.01. The highest BCUT2D eigenvalue weighted by atomic mass is 16.5. The van der Waals surface area contributed by atoms with Gasteiger partial charge in [0.25, 0.3) is 0 Å². The van der Waals surface area contributed by atoms with Crippen LogP contribution in [0, 0.1) is 5.92 Å². The van der Waals surface area contributed by atoms with Crippen LogP contribution in [-0.4, -0.2) is 37.5 Å². The number of ether oxygens (including phenoxy) is 2. The van der Waals surface area contributed by atoms with Crippen molar-refractivity contribution in [1.82, 2.24) is 5.32 Å². The largest absolute Gasteiger partial charge is 0.378 e. The zero-order valence-electron chi connectivity index (χ0n) is 11.5. The topological polar surface area (TPSA) is 30.5 Å².